The summed E-state index contributed by atoms with van der Waals surface area (Å²) in [5, 5.41) is 0. The van der Waals surface area contributed by atoms with Gasteiger partial charge in [0.2, 0.25) is 0 Å². The van der Waals surface area contributed by atoms with Gasteiger partial charge in [0.15, 0.2) is 6.61 Å². The van der Waals surface area contributed by atoms with Crippen LogP contribution in [0.5, 0.6) is 5.75 Å². The van der Waals surface area contributed by atoms with Crippen molar-refractivity contribution >= 4 is 21.8 Å². The van der Waals surface area contributed by atoms with Crippen molar-refractivity contribution in [2.75, 3.05) is 19.7 Å². The third-order valence-electron chi connectivity index (χ3n) is 4.10. The van der Waals surface area contributed by atoms with Crippen LogP contribution in [0.1, 0.15) is 19.3 Å². The van der Waals surface area contributed by atoms with Crippen LogP contribution in [0.15, 0.2) is 53.0 Å². The van der Waals surface area contributed by atoms with Crippen LogP contribution in [0.3, 0.4) is 0 Å². The van der Waals surface area contributed by atoms with E-state index in [1.165, 1.54) is 6.42 Å². The molecule has 2 aromatic rings. The molecule has 0 unspecified atom stereocenters. The summed E-state index contributed by atoms with van der Waals surface area (Å²) in [5.74, 6) is 0.777. The summed E-state index contributed by atoms with van der Waals surface area (Å²) in [4.78, 5) is 14.1. The molecule has 0 spiro atoms. The number of carbonyl (C=O) groups excluding carboxylic acids is 1. The van der Waals surface area contributed by atoms with E-state index in [1.807, 2.05) is 41.3 Å². The molecule has 0 aliphatic carbocycles. The van der Waals surface area contributed by atoms with E-state index in [-0.39, 0.29) is 12.5 Å². The minimum atomic E-state index is 0.0729. The third kappa shape index (κ3) is 4.14. The van der Waals surface area contributed by atoms with E-state index < -0.39 is 0 Å². The van der Waals surface area contributed by atoms with Crippen LogP contribution < -0.4 is 4.74 Å². The van der Waals surface area contributed by atoms with Gasteiger partial charge in [0.05, 0.1) is 4.47 Å². The zero-order valence-corrected chi connectivity index (χ0v) is 14.6. The zero-order valence-electron chi connectivity index (χ0n) is 13.0. The number of likely N-dealkylation sites (tertiary alicyclic amines) is 1. The Hall–Kier alpha value is -1.81. The maximum absolute atomic E-state index is 12.2. The first-order valence-corrected chi connectivity index (χ1v) is 8.79. The first-order valence-electron chi connectivity index (χ1n) is 7.99. The standard InChI is InChI=1S/C19H20BrNO2/c20-17-13-16(15-7-3-1-4-8-15)9-10-18(17)23-14-19(22)21-11-5-2-6-12-21/h1,3-4,7-10,13H,2,5-6,11-12,14H2. The van der Waals surface area contributed by atoms with Crippen LogP contribution in [0.25, 0.3) is 11.1 Å². The number of carbonyl (C=O) groups is 1. The quantitative estimate of drug-likeness (QED) is 0.788. The van der Waals surface area contributed by atoms with Gasteiger partial charge in [0.1, 0.15) is 5.75 Å². The van der Waals surface area contributed by atoms with Crippen molar-refractivity contribution in [2.24, 2.45) is 0 Å². The van der Waals surface area contributed by atoms with E-state index in [4.69, 9.17) is 4.74 Å². The van der Waals surface area contributed by atoms with Gasteiger partial charge in [-0.05, 0) is 58.5 Å². The Labute approximate surface area is 145 Å². The average Bonchev–Trinajstić information content (AvgIpc) is 2.62. The molecule has 1 fully saturated rings. The number of amides is 1. The summed E-state index contributed by atoms with van der Waals surface area (Å²) in [6.45, 7) is 1.82. The predicted molar refractivity (Wildman–Crippen MR) is 95.5 cm³/mol. The van der Waals surface area contributed by atoms with Gasteiger partial charge in [-0.2, -0.15) is 0 Å². The monoisotopic (exact) mass is 373 g/mol. The van der Waals surface area contributed by atoms with Crippen molar-refractivity contribution in [3.05, 3.63) is 53.0 Å². The molecule has 120 valence electrons. The second kappa shape index (κ2) is 7.64. The maximum atomic E-state index is 12.2. The molecule has 3 rings (SSSR count). The highest BCUT2D eigenvalue weighted by Crippen LogP contribution is 2.30. The van der Waals surface area contributed by atoms with Gasteiger partial charge in [0, 0.05) is 13.1 Å². The molecule has 3 nitrogen and oxygen atoms in total. The lowest BCUT2D eigenvalue weighted by atomic mass is 10.1. The van der Waals surface area contributed by atoms with Gasteiger partial charge in [-0.1, -0.05) is 36.4 Å². The van der Waals surface area contributed by atoms with Gasteiger partial charge in [0.25, 0.3) is 5.91 Å². The summed E-state index contributed by atoms with van der Waals surface area (Å²) in [7, 11) is 0. The fourth-order valence-electron chi connectivity index (χ4n) is 2.80. The van der Waals surface area contributed by atoms with Crippen LogP contribution >= 0.6 is 15.9 Å². The lowest BCUT2D eigenvalue weighted by Gasteiger charge is -2.26. The second-order valence-electron chi connectivity index (χ2n) is 5.74. The highest BCUT2D eigenvalue weighted by atomic mass is 79.9. The Balaban J connectivity index is 1.63. The topological polar surface area (TPSA) is 29.5 Å². The summed E-state index contributed by atoms with van der Waals surface area (Å²) in [5.41, 5.74) is 2.27. The van der Waals surface area contributed by atoms with Crippen molar-refractivity contribution in [2.45, 2.75) is 19.3 Å². The molecular weight excluding hydrogens is 354 g/mol. The summed E-state index contributed by atoms with van der Waals surface area (Å²) < 4.78 is 6.57. The lowest BCUT2D eigenvalue weighted by molar-refractivity contribution is -0.134. The molecule has 1 aliphatic heterocycles. The average molecular weight is 374 g/mol. The molecule has 2 aromatic carbocycles. The van der Waals surface area contributed by atoms with E-state index in [0.717, 1.165) is 41.5 Å². The van der Waals surface area contributed by atoms with Gasteiger partial charge in [-0.25, -0.2) is 0 Å². The number of rotatable bonds is 4. The molecule has 1 saturated heterocycles. The number of hydrogen-bond donors (Lipinski definition) is 0. The number of piperidine rings is 1. The normalized spacial score (nSPS) is 14.6. The van der Waals surface area contributed by atoms with Crippen molar-refractivity contribution in [3.8, 4) is 16.9 Å². The van der Waals surface area contributed by atoms with E-state index >= 15 is 0 Å². The highest BCUT2D eigenvalue weighted by Gasteiger charge is 2.17. The Morgan fingerprint density at radius 3 is 2.43 bits per heavy atom. The number of nitrogens with zero attached hydrogens (tertiary/aromatic N) is 1. The van der Waals surface area contributed by atoms with E-state index in [0.29, 0.717) is 5.75 Å². The number of ether oxygens (including phenoxy) is 1. The van der Waals surface area contributed by atoms with Crippen LogP contribution in [0.4, 0.5) is 0 Å². The number of benzene rings is 2. The Morgan fingerprint density at radius 1 is 1.00 bits per heavy atom. The van der Waals surface area contributed by atoms with Crippen LogP contribution in [0, 0.1) is 0 Å². The molecule has 0 N–H and O–H groups in total. The van der Waals surface area contributed by atoms with Crippen molar-refractivity contribution in [1.29, 1.82) is 0 Å². The molecule has 0 atom stereocenters. The van der Waals surface area contributed by atoms with E-state index in [1.54, 1.807) is 0 Å². The molecule has 23 heavy (non-hydrogen) atoms. The van der Waals surface area contributed by atoms with Crippen LogP contribution in [-0.2, 0) is 4.79 Å². The number of hydrogen-bond acceptors (Lipinski definition) is 2. The molecule has 0 radical (unpaired) electrons. The smallest absolute Gasteiger partial charge is 0.260 e. The summed E-state index contributed by atoms with van der Waals surface area (Å²) in [6.07, 6.45) is 3.42. The van der Waals surface area contributed by atoms with E-state index in [2.05, 4.69) is 28.1 Å². The fraction of sp³-hybridized carbons (Fsp3) is 0.316. The SMILES string of the molecule is O=C(COc1ccc(-c2ccccc2)cc1Br)N1CCCCC1. The maximum Gasteiger partial charge on any atom is 0.260 e. The molecule has 0 bridgehead atoms. The first-order chi connectivity index (χ1) is 11.2. The minimum absolute atomic E-state index is 0.0729. The van der Waals surface area contributed by atoms with Gasteiger partial charge in [-0.3, -0.25) is 4.79 Å². The van der Waals surface area contributed by atoms with Crippen molar-refractivity contribution in [3.63, 3.8) is 0 Å². The molecule has 1 aliphatic rings. The summed E-state index contributed by atoms with van der Waals surface area (Å²) in [6, 6.07) is 16.1. The first kappa shape index (κ1) is 16.1. The predicted octanol–water partition coefficient (Wildman–Crippen LogP) is 4.51. The zero-order chi connectivity index (χ0) is 16.1. The Kier molecular flexibility index (Phi) is 5.34. The van der Waals surface area contributed by atoms with Gasteiger partial charge < -0.3 is 9.64 Å². The largest absolute Gasteiger partial charge is 0.483 e. The second-order valence-corrected chi connectivity index (χ2v) is 6.60. The highest BCUT2D eigenvalue weighted by molar-refractivity contribution is 9.10. The Morgan fingerprint density at radius 2 is 1.74 bits per heavy atom. The molecule has 1 heterocycles. The minimum Gasteiger partial charge on any atom is -0.483 e. The fourth-order valence-corrected chi connectivity index (χ4v) is 3.30. The molecule has 0 aromatic heterocycles. The Bertz CT molecular complexity index is 666. The molecule has 0 saturated carbocycles. The van der Waals surface area contributed by atoms with Crippen molar-refractivity contribution < 1.29 is 9.53 Å². The third-order valence-corrected chi connectivity index (χ3v) is 4.72. The number of halogens is 1. The van der Waals surface area contributed by atoms with Gasteiger partial charge >= 0.3 is 0 Å². The molecular formula is C19H20BrNO2. The van der Waals surface area contributed by atoms with Crippen LogP contribution in [-0.4, -0.2) is 30.5 Å². The van der Waals surface area contributed by atoms with E-state index in [9.17, 15) is 4.79 Å². The summed E-state index contributed by atoms with van der Waals surface area (Å²) >= 11 is 3.54. The lowest BCUT2D eigenvalue weighted by Crippen LogP contribution is -2.38. The molecule has 4 heteroatoms. The molecule has 1 amide bonds. The van der Waals surface area contributed by atoms with Crippen LogP contribution in [0.2, 0.25) is 0 Å². The van der Waals surface area contributed by atoms with Gasteiger partial charge in [-0.15, -0.1) is 0 Å². The van der Waals surface area contributed by atoms with Crippen molar-refractivity contribution in [1.82, 2.24) is 4.90 Å².